The Labute approximate surface area is 123 Å². The lowest BCUT2D eigenvalue weighted by atomic mass is 10.1. The van der Waals surface area contributed by atoms with Crippen LogP contribution in [0.4, 0.5) is 0 Å². The van der Waals surface area contributed by atoms with Gasteiger partial charge in [-0.3, -0.25) is 14.4 Å². The summed E-state index contributed by atoms with van der Waals surface area (Å²) in [7, 11) is 0. The number of hydrogen-bond donors (Lipinski definition) is 0. The van der Waals surface area contributed by atoms with E-state index in [4.69, 9.17) is 9.47 Å². The van der Waals surface area contributed by atoms with Crippen LogP contribution in [-0.2, 0) is 9.53 Å². The van der Waals surface area contributed by atoms with Gasteiger partial charge in [-0.1, -0.05) is 32.9 Å². The molecule has 0 saturated carbocycles. The Bertz CT molecular complexity index is 588. The first-order chi connectivity index (χ1) is 9.95. The Morgan fingerprint density at radius 3 is 2.57 bits per heavy atom. The Kier molecular flexibility index (Phi) is 4.40. The molecule has 1 aliphatic rings. The Hall–Kier alpha value is -2.17. The maximum absolute atomic E-state index is 12.3. The molecular weight excluding hydrogens is 272 g/mol. The van der Waals surface area contributed by atoms with E-state index in [1.54, 1.807) is 25.1 Å². The van der Waals surface area contributed by atoms with Crippen molar-refractivity contribution in [2.24, 2.45) is 5.92 Å². The second-order valence-electron chi connectivity index (χ2n) is 5.34. The molecule has 5 nitrogen and oxygen atoms in total. The van der Waals surface area contributed by atoms with Crippen LogP contribution in [0.25, 0.3) is 0 Å². The van der Waals surface area contributed by atoms with Gasteiger partial charge in [-0.15, -0.1) is 0 Å². The third-order valence-electron chi connectivity index (χ3n) is 3.12. The van der Waals surface area contributed by atoms with Gasteiger partial charge in [0.25, 0.3) is 0 Å². The van der Waals surface area contributed by atoms with Crippen LogP contribution in [0, 0.1) is 5.92 Å². The minimum Gasteiger partial charge on any atom is -0.493 e. The van der Waals surface area contributed by atoms with E-state index in [2.05, 4.69) is 0 Å². The quantitative estimate of drug-likeness (QED) is 0.615. The van der Waals surface area contributed by atoms with Gasteiger partial charge in [-0.25, -0.2) is 0 Å². The Balaban J connectivity index is 2.31. The second kappa shape index (κ2) is 6.08. The summed E-state index contributed by atoms with van der Waals surface area (Å²) in [4.78, 5) is 35.9. The van der Waals surface area contributed by atoms with Crippen LogP contribution in [0.3, 0.4) is 0 Å². The van der Waals surface area contributed by atoms with Gasteiger partial charge in [0, 0.05) is 12.0 Å². The van der Waals surface area contributed by atoms with E-state index in [0.717, 1.165) is 0 Å². The molecule has 0 radical (unpaired) electrons. The molecule has 0 fully saturated rings. The number of fused-ring (bicyclic) bond motifs is 1. The lowest BCUT2D eigenvalue weighted by Gasteiger charge is -2.11. The number of hydrogen-bond acceptors (Lipinski definition) is 5. The number of Topliss-reactive ketones (excluding diaryl/α,β-unsaturated/α-hetero) is 2. The van der Waals surface area contributed by atoms with Crippen LogP contribution in [0.1, 0.15) is 47.9 Å². The summed E-state index contributed by atoms with van der Waals surface area (Å²) in [6.07, 6.45) is -1.25. The van der Waals surface area contributed by atoms with Crippen LogP contribution >= 0.6 is 0 Å². The molecule has 1 aromatic carbocycles. The molecule has 112 valence electrons. The molecule has 21 heavy (non-hydrogen) atoms. The van der Waals surface area contributed by atoms with E-state index in [-0.39, 0.29) is 17.5 Å². The van der Waals surface area contributed by atoms with Gasteiger partial charge in [0.05, 0.1) is 12.2 Å². The van der Waals surface area contributed by atoms with Gasteiger partial charge >= 0.3 is 5.97 Å². The van der Waals surface area contributed by atoms with Crippen LogP contribution in [0.5, 0.6) is 5.75 Å². The van der Waals surface area contributed by atoms with Gasteiger partial charge in [0.15, 0.2) is 0 Å². The first kappa shape index (κ1) is 15.2. The molecule has 0 spiro atoms. The fourth-order valence-corrected chi connectivity index (χ4v) is 2.08. The smallest absolute Gasteiger partial charge is 0.306 e. The van der Waals surface area contributed by atoms with E-state index in [1.807, 2.05) is 13.8 Å². The maximum atomic E-state index is 12.3. The number of carbonyl (C=O) groups excluding carboxylic acids is 3. The van der Waals surface area contributed by atoms with Crippen LogP contribution in [0.2, 0.25) is 0 Å². The average Bonchev–Trinajstić information content (AvgIpc) is 2.70. The molecule has 0 saturated heterocycles. The first-order valence-corrected chi connectivity index (χ1v) is 6.99. The van der Waals surface area contributed by atoms with Crippen molar-refractivity contribution in [3.05, 3.63) is 29.3 Å². The highest BCUT2D eigenvalue weighted by Crippen LogP contribution is 2.32. The maximum Gasteiger partial charge on any atom is 0.306 e. The van der Waals surface area contributed by atoms with Crippen molar-refractivity contribution in [2.45, 2.75) is 33.3 Å². The van der Waals surface area contributed by atoms with Crippen molar-refractivity contribution in [1.29, 1.82) is 0 Å². The van der Waals surface area contributed by atoms with Crippen molar-refractivity contribution in [1.82, 2.24) is 0 Å². The molecule has 0 amide bonds. The largest absolute Gasteiger partial charge is 0.493 e. The van der Waals surface area contributed by atoms with E-state index in [0.29, 0.717) is 18.3 Å². The van der Waals surface area contributed by atoms with Crippen molar-refractivity contribution in [2.75, 3.05) is 6.61 Å². The number of esters is 1. The monoisotopic (exact) mass is 290 g/mol. The Morgan fingerprint density at radius 2 is 1.95 bits per heavy atom. The number of carbonyl (C=O) groups is 3. The molecule has 0 heterocycles. The normalized spacial score (nSPS) is 17.0. The third-order valence-corrected chi connectivity index (χ3v) is 3.12. The van der Waals surface area contributed by atoms with Crippen LogP contribution < -0.4 is 4.74 Å². The van der Waals surface area contributed by atoms with Crippen molar-refractivity contribution in [3.8, 4) is 5.75 Å². The lowest BCUT2D eigenvalue weighted by Crippen LogP contribution is -2.28. The van der Waals surface area contributed by atoms with Crippen LogP contribution in [-0.4, -0.2) is 30.2 Å². The zero-order valence-corrected chi connectivity index (χ0v) is 12.3. The van der Waals surface area contributed by atoms with Crippen molar-refractivity contribution in [3.63, 3.8) is 0 Å². The summed E-state index contributed by atoms with van der Waals surface area (Å²) in [5.41, 5.74) is 0.479. The minimum absolute atomic E-state index is 0.115. The van der Waals surface area contributed by atoms with Crippen molar-refractivity contribution >= 4 is 17.5 Å². The number of benzene rings is 1. The molecule has 5 heteroatoms. The fourth-order valence-electron chi connectivity index (χ4n) is 2.08. The minimum atomic E-state index is -1.36. The van der Waals surface area contributed by atoms with Gasteiger partial charge in [0.2, 0.25) is 17.7 Å². The molecule has 0 N–H and O–H groups in total. The SMILES string of the molecule is CCC(=O)OC1C(=O)c2cccc(OCC(C)C)c2C1=O. The summed E-state index contributed by atoms with van der Waals surface area (Å²) >= 11 is 0. The van der Waals surface area contributed by atoms with Gasteiger partial charge in [-0.2, -0.15) is 0 Å². The summed E-state index contributed by atoms with van der Waals surface area (Å²) in [5.74, 6) is -0.890. The van der Waals surface area contributed by atoms with Gasteiger partial charge in [0.1, 0.15) is 5.75 Å². The second-order valence-corrected chi connectivity index (χ2v) is 5.34. The number of ether oxygens (including phenoxy) is 2. The average molecular weight is 290 g/mol. The summed E-state index contributed by atoms with van der Waals surface area (Å²) < 4.78 is 10.5. The fraction of sp³-hybridized carbons (Fsp3) is 0.438. The number of rotatable bonds is 5. The molecule has 2 rings (SSSR count). The predicted octanol–water partition coefficient (Wildman–Crippen LogP) is 2.42. The zero-order chi connectivity index (χ0) is 15.6. The molecule has 1 atom stereocenters. The molecule has 1 aliphatic carbocycles. The molecule has 1 unspecified atom stereocenters. The molecular formula is C16H18O5. The summed E-state index contributed by atoms with van der Waals surface area (Å²) in [6.45, 7) is 6.03. The predicted molar refractivity (Wildman–Crippen MR) is 75.6 cm³/mol. The molecule has 0 aliphatic heterocycles. The highest BCUT2D eigenvalue weighted by Gasteiger charge is 2.43. The van der Waals surface area contributed by atoms with E-state index in [9.17, 15) is 14.4 Å². The van der Waals surface area contributed by atoms with E-state index < -0.39 is 23.6 Å². The van der Waals surface area contributed by atoms with E-state index in [1.165, 1.54) is 0 Å². The highest BCUT2D eigenvalue weighted by molar-refractivity contribution is 6.30. The van der Waals surface area contributed by atoms with Gasteiger partial charge in [-0.05, 0) is 12.0 Å². The van der Waals surface area contributed by atoms with Crippen LogP contribution in [0.15, 0.2) is 18.2 Å². The Morgan fingerprint density at radius 1 is 1.24 bits per heavy atom. The van der Waals surface area contributed by atoms with E-state index >= 15 is 0 Å². The topological polar surface area (TPSA) is 69.7 Å². The molecule has 0 bridgehead atoms. The molecule has 1 aromatic rings. The lowest BCUT2D eigenvalue weighted by molar-refractivity contribution is -0.144. The number of ketones is 2. The van der Waals surface area contributed by atoms with Gasteiger partial charge < -0.3 is 9.47 Å². The van der Waals surface area contributed by atoms with Crippen molar-refractivity contribution < 1.29 is 23.9 Å². The first-order valence-electron chi connectivity index (χ1n) is 6.99. The summed E-state index contributed by atoms with van der Waals surface area (Å²) in [5, 5.41) is 0. The summed E-state index contributed by atoms with van der Waals surface area (Å²) in [6, 6.07) is 4.86. The standard InChI is InChI=1S/C16H18O5/c1-4-12(17)21-16-14(18)10-6-5-7-11(13(10)15(16)19)20-8-9(2)3/h5-7,9,16H,4,8H2,1-3H3. The third kappa shape index (κ3) is 2.96. The highest BCUT2D eigenvalue weighted by atomic mass is 16.6. The zero-order valence-electron chi connectivity index (χ0n) is 12.3. The molecule has 0 aromatic heterocycles.